The van der Waals surface area contributed by atoms with Crippen LogP contribution in [0.1, 0.15) is 33.6 Å². The molecule has 5 heteroatoms. The Morgan fingerprint density at radius 2 is 1.95 bits per heavy atom. The number of aromatic carboxylic acids is 1. The maximum absolute atomic E-state index is 11.3. The van der Waals surface area contributed by atoms with E-state index < -0.39 is 5.97 Å². The summed E-state index contributed by atoms with van der Waals surface area (Å²) in [6.07, 6.45) is 1.82. The first kappa shape index (κ1) is 15.5. The van der Waals surface area contributed by atoms with E-state index in [2.05, 4.69) is 11.5 Å². The number of fused-ring (bicyclic) bond motifs is 1. The highest BCUT2D eigenvalue weighted by molar-refractivity contribution is 5.97. The summed E-state index contributed by atoms with van der Waals surface area (Å²) in [6, 6.07) is 3.74. The lowest BCUT2D eigenvalue weighted by Crippen LogP contribution is -2.11. The molecular formula is C16H23N3O2. The Kier molecular flexibility index (Phi) is 4.65. The van der Waals surface area contributed by atoms with Gasteiger partial charge in [-0.05, 0) is 56.5 Å². The van der Waals surface area contributed by atoms with E-state index in [1.54, 1.807) is 6.07 Å². The molecule has 0 amide bonds. The number of benzene rings is 1. The number of aryl methyl sites for hydroxylation is 2. The third-order valence-corrected chi connectivity index (χ3v) is 4.01. The van der Waals surface area contributed by atoms with Crippen molar-refractivity contribution in [3.05, 3.63) is 34.5 Å². The summed E-state index contributed by atoms with van der Waals surface area (Å²) in [7, 11) is 0. The Balaban J connectivity index is 2.71. The summed E-state index contributed by atoms with van der Waals surface area (Å²) < 4.78 is 2.12. The van der Waals surface area contributed by atoms with Crippen LogP contribution in [0, 0.1) is 13.8 Å². The van der Waals surface area contributed by atoms with Gasteiger partial charge in [-0.1, -0.05) is 0 Å². The lowest BCUT2D eigenvalue weighted by molar-refractivity contribution is 0.0696. The summed E-state index contributed by atoms with van der Waals surface area (Å²) in [4.78, 5) is 11.3. The topological polar surface area (TPSA) is 94.3 Å². The molecule has 21 heavy (non-hydrogen) atoms. The molecule has 0 atom stereocenters. The van der Waals surface area contributed by atoms with Crippen molar-refractivity contribution in [1.29, 1.82) is 0 Å². The van der Waals surface area contributed by atoms with Crippen LogP contribution in [0.5, 0.6) is 0 Å². The Morgan fingerprint density at radius 1 is 1.24 bits per heavy atom. The van der Waals surface area contributed by atoms with Crippen molar-refractivity contribution in [2.75, 3.05) is 13.1 Å². The van der Waals surface area contributed by atoms with Crippen molar-refractivity contribution in [2.24, 2.45) is 11.5 Å². The quantitative estimate of drug-likeness (QED) is 0.756. The normalized spacial score (nSPS) is 11.2. The summed E-state index contributed by atoms with van der Waals surface area (Å²) >= 11 is 0. The van der Waals surface area contributed by atoms with E-state index in [4.69, 9.17) is 11.5 Å². The fraction of sp³-hybridized carbons (Fsp3) is 0.438. The molecule has 5 N–H and O–H groups in total. The van der Waals surface area contributed by atoms with Gasteiger partial charge in [0.05, 0.1) is 5.56 Å². The maximum atomic E-state index is 11.3. The molecule has 0 bridgehead atoms. The van der Waals surface area contributed by atoms with E-state index >= 15 is 0 Å². The molecule has 1 heterocycles. The molecule has 0 aliphatic carbocycles. The predicted octanol–water partition coefficient (Wildman–Crippen LogP) is 1.81. The number of aromatic nitrogens is 1. The highest BCUT2D eigenvalue weighted by Gasteiger charge is 2.17. The number of carboxylic acids is 1. The van der Waals surface area contributed by atoms with Crippen LogP contribution < -0.4 is 11.5 Å². The van der Waals surface area contributed by atoms with Gasteiger partial charge >= 0.3 is 5.97 Å². The summed E-state index contributed by atoms with van der Waals surface area (Å²) in [6.45, 7) is 5.77. The van der Waals surface area contributed by atoms with E-state index in [0.29, 0.717) is 25.2 Å². The minimum absolute atomic E-state index is 0.351. The zero-order valence-corrected chi connectivity index (χ0v) is 12.6. The van der Waals surface area contributed by atoms with Gasteiger partial charge in [0.2, 0.25) is 0 Å². The van der Waals surface area contributed by atoms with Crippen molar-refractivity contribution in [2.45, 2.75) is 33.2 Å². The molecule has 1 aromatic carbocycles. The lowest BCUT2D eigenvalue weighted by atomic mass is 10.0. The van der Waals surface area contributed by atoms with Gasteiger partial charge in [-0.2, -0.15) is 0 Å². The maximum Gasteiger partial charge on any atom is 0.336 e. The molecular weight excluding hydrogens is 266 g/mol. The molecule has 0 saturated carbocycles. The number of nitrogens with zero attached hydrogens (tertiary/aromatic N) is 1. The Hall–Kier alpha value is -1.85. The van der Waals surface area contributed by atoms with Gasteiger partial charge in [0.1, 0.15) is 0 Å². The van der Waals surface area contributed by atoms with Crippen LogP contribution in [0.2, 0.25) is 0 Å². The summed E-state index contributed by atoms with van der Waals surface area (Å²) in [5.41, 5.74) is 15.8. The molecule has 0 aliphatic heterocycles. The number of carboxylic acid groups (broad SMARTS) is 1. The van der Waals surface area contributed by atoms with Crippen molar-refractivity contribution in [3.63, 3.8) is 0 Å². The second-order valence-electron chi connectivity index (χ2n) is 5.39. The molecule has 0 spiro atoms. The molecule has 2 rings (SSSR count). The number of rotatable bonds is 6. The molecule has 0 fully saturated rings. The average molecular weight is 289 g/mol. The standard InChI is InChI=1S/C16H23N3O2/c1-10-8-14-12(4-3-5-17)11(2)19(7-6-18)15(14)9-13(10)16(20)21/h8-9H,3-7,17-18H2,1-2H3,(H,20,21). The number of hydrogen-bond donors (Lipinski definition) is 3. The Labute approximate surface area is 124 Å². The summed E-state index contributed by atoms with van der Waals surface area (Å²) in [5, 5.41) is 10.4. The smallest absolute Gasteiger partial charge is 0.336 e. The van der Waals surface area contributed by atoms with Crippen LogP contribution in [0.3, 0.4) is 0 Å². The minimum Gasteiger partial charge on any atom is -0.478 e. The SMILES string of the molecule is Cc1cc2c(CCCN)c(C)n(CCN)c2cc1C(=O)O. The first-order chi connectivity index (χ1) is 10.0. The number of carbonyl (C=O) groups is 1. The molecule has 5 nitrogen and oxygen atoms in total. The Morgan fingerprint density at radius 3 is 2.52 bits per heavy atom. The number of hydrogen-bond acceptors (Lipinski definition) is 3. The van der Waals surface area contributed by atoms with Crippen LogP contribution in [0.15, 0.2) is 12.1 Å². The first-order valence-corrected chi connectivity index (χ1v) is 7.27. The zero-order valence-electron chi connectivity index (χ0n) is 12.6. The Bertz CT molecular complexity index is 674. The van der Waals surface area contributed by atoms with Crippen molar-refractivity contribution in [1.82, 2.24) is 4.57 Å². The van der Waals surface area contributed by atoms with Gasteiger partial charge in [0.15, 0.2) is 0 Å². The molecule has 0 saturated heterocycles. The molecule has 0 radical (unpaired) electrons. The molecule has 114 valence electrons. The van der Waals surface area contributed by atoms with Crippen LogP contribution in [0.25, 0.3) is 10.9 Å². The van der Waals surface area contributed by atoms with Gasteiger partial charge < -0.3 is 21.1 Å². The van der Waals surface area contributed by atoms with Gasteiger partial charge in [-0.15, -0.1) is 0 Å². The third-order valence-electron chi connectivity index (χ3n) is 4.01. The average Bonchev–Trinajstić information content (AvgIpc) is 2.68. The van der Waals surface area contributed by atoms with E-state index in [9.17, 15) is 9.90 Å². The highest BCUT2D eigenvalue weighted by Crippen LogP contribution is 2.29. The van der Waals surface area contributed by atoms with Crippen molar-refractivity contribution in [3.8, 4) is 0 Å². The first-order valence-electron chi connectivity index (χ1n) is 7.27. The number of nitrogens with two attached hydrogens (primary N) is 2. The van der Waals surface area contributed by atoms with Crippen molar-refractivity contribution >= 4 is 16.9 Å². The van der Waals surface area contributed by atoms with Crippen LogP contribution in [-0.2, 0) is 13.0 Å². The van der Waals surface area contributed by atoms with Crippen molar-refractivity contribution < 1.29 is 9.90 Å². The van der Waals surface area contributed by atoms with Gasteiger partial charge in [-0.3, -0.25) is 0 Å². The van der Waals surface area contributed by atoms with Gasteiger partial charge in [0, 0.05) is 29.7 Å². The monoisotopic (exact) mass is 289 g/mol. The lowest BCUT2D eigenvalue weighted by Gasteiger charge is -2.07. The van der Waals surface area contributed by atoms with Crippen LogP contribution in [-0.4, -0.2) is 28.7 Å². The van der Waals surface area contributed by atoms with Crippen LogP contribution in [0.4, 0.5) is 0 Å². The largest absolute Gasteiger partial charge is 0.478 e. The molecule has 0 unspecified atom stereocenters. The second kappa shape index (κ2) is 6.28. The van der Waals surface area contributed by atoms with Gasteiger partial charge in [0.25, 0.3) is 0 Å². The van der Waals surface area contributed by atoms with Crippen LogP contribution >= 0.6 is 0 Å². The molecule has 1 aromatic heterocycles. The summed E-state index contributed by atoms with van der Waals surface area (Å²) in [5.74, 6) is -0.893. The van der Waals surface area contributed by atoms with E-state index in [1.165, 1.54) is 5.56 Å². The molecule has 2 aromatic rings. The van der Waals surface area contributed by atoms with E-state index in [0.717, 1.165) is 35.0 Å². The molecule has 0 aliphatic rings. The van der Waals surface area contributed by atoms with E-state index in [-0.39, 0.29) is 0 Å². The second-order valence-corrected chi connectivity index (χ2v) is 5.39. The van der Waals surface area contributed by atoms with E-state index in [1.807, 2.05) is 13.0 Å². The van der Waals surface area contributed by atoms with Gasteiger partial charge in [-0.25, -0.2) is 4.79 Å². The third kappa shape index (κ3) is 2.80. The predicted molar refractivity (Wildman–Crippen MR) is 84.8 cm³/mol. The highest BCUT2D eigenvalue weighted by atomic mass is 16.4. The fourth-order valence-corrected chi connectivity index (χ4v) is 2.94. The minimum atomic E-state index is -0.893. The fourth-order valence-electron chi connectivity index (χ4n) is 2.94. The zero-order chi connectivity index (χ0) is 15.6.